The number of nitrogens with zero attached hydrogens (tertiary/aromatic N) is 1. The van der Waals surface area contributed by atoms with E-state index in [2.05, 4.69) is 10.2 Å². The highest BCUT2D eigenvalue weighted by molar-refractivity contribution is 5.85. The highest BCUT2D eigenvalue weighted by atomic mass is 35.5. The van der Waals surface area contributed by atoms with Crippen LogP contribution in [-0.2, 0) is 0 Å². The average Bonchev–Trinajstić information content (AvgIpc) is 3.00. The van der Waals surface area contributed by atoms with Crippen molar-refractivity contribution in [1.82, 2.24) is 10.2 Å². The lowest BCUT2D eigenvalue weighted by Crippen LogP contribution is -2.47. The van der Waals surface area contributed by atoms with Crippen LogP contribution in [0.3, 0.4) is 0 Å². The topological polar surface area (TPSA) is 15.3 Å². The Labute approximate surface area is 135 Å². The van der Waals surface area contributed by atoms with Gasteiger partial charge in [0.25, 0.3) is 0 Å². The van der Waals surface area contributed by atoms with Crippen LogP contribution in [0.25, 0.3) is 0 Å². The van der Waals surface area contributed by atoms with Crippen molar-refractivity contribution in [3.63, 3.8) is 0 Å². The molecule has 1 aromatic rings. The Hall–Kier alpha value is -0.780. The minimum atomic E-state index is -1.11. The molecule has 2 nitrogen and oxygen atoms in total. The minimum Gasteiger partial charge on any atom is -0.314 e. The number of nitrogens with one attached hydrogen (secondary N) is 1. The highest BCUT2D eigenvalue weighted by Gasteiger charge is 2.34. The van der Waals surface area contributed by atoms with Gasteiger partial charge in [-0.25, -0.2) is 13.2 Å². The molecule has 1 heterocycles. The maximum atomic E-state index is 14.2. The van der Waals surface area contributed by atoms with Crippen molar-refractivity contribution < 1.29 is 13.2 Å². The largest absolute Gasteiger partial charge is 0.314 e. The van der Waals surface area contributed by atoms with E-state index in [4.69, 9.17) is 0 Å². The standard InChI is InChI=1S/C16H21F3N2.ClH/c17-13-10-15(19)14(18)9-12(13)16(11-3-1-2-4-11)21-7-5-20-6-8-21;/h9-11,16,20H,1-8H2;1H/t16-;/m0./s1. The second kappa shape index (κ2) is 7.66. The number of hydrogen-bond acceptors (Lipinski definition) is 2. The third-order valence-corrected chi connectivity index (χ3v) is 4.75. The zero-order chi connectivity index (χ0) is 14.8. The lowest BCUT2D eigenvalue weighted by molar-refractivity contribution is 0.122. The van der Waals surface area contributed by atoms with Crippen LogP contribution >= 0.6 is 12.4 Å². The van der Waals surface area contributed by atoms with Crippen molar-refractivity contribution in [2.75, 3.05) is 26.2 Å². The van der Waals surface area contributed by atoms with Crippen LogP contribution in [0.4, 0.5) is 13.2 Å². The average molecular weight is 335 g/mol. The molecule has 2 aliphatic rings. The fraction of sp³-hybridized carbons (Fsp3) is 0.625. The molecule has 0 amide bonds. The third-order valence-electron chi connectivity index (χ3n) is 4.75. The fourth-order valence-electron chi connectivity index (χ4n) is 3.75. The second-order valence-electron chi connectivity index (χ2n) is 6.06. The van der Waals surface area contributed by atoms with Gasteiger partial charge >= 0.3 is 0 Å². The summed E-state index contributed by atoms with van der Waals surface area (Å²) in [6, 6.07) is 1.62. The first kappa shape index (κ1) is 17.6. The Morgan fingerprint density at radius 2 is 1.55 bits per heavy atom. The third kappa shape index (κ3) is 3.58. The Bertz CT molecular complexity index is 500. The summed E-state index contributed by atoms with van der Waals surface area (Å²) in [6.45, 7) is 3.35. The van der Waals surface area contributed by atoms with Gasteiger partial charge < -0.3 is 5.32 Å². The van der Waals surface area contributed by atoms with E-state index in [0.29, 0.717) is 17.5 Å². The Kier molecular flexibility index (Phi) is 6.12. The van der Waals surface area contributed by atoms with E-state index in [1.54, 1.807) is 0 Å². The van der Waals surface area contributed by atoms with Crippen molar-refractivity contribution in [1.29, 1.82) is 0 Å². The molecule has 1 aliphatic heterocycles. The van der Waals surface area contributed by atoms with E-state index in [9.17, 15) is 13.2 Å². The van der Waals surface area contributed by atoms with Crippen LogP contribution in [0, 0.1) is 23.4 Å². The van der Waals surface area contributed by atoms with Crippen molar-refractivity contribution in [2.24, 2.45) is 5.92 Å². The van der Waals surface area contributed by atoms with Crippen LogP contribution in [0.5, 0.6) is 0 Å². The van der Waals surface area contributed by atoms with Crippen molar-refractivity contribution in [3.05, 3.63) is 35.1 Å². The zero-order valence-electron chi connectivity index (χ0n) is 12.5. The molecule has 1 atom stereocenters. The van der Waals surface area contributed by atoms with Crippen molar-refractivity contribution in [3.8, 4) is 0 Å². The van der Waals surface area contributed by atoms with Crippen molar-refractivity contribution in [2.45, 2.75) is 31.7 Å². The summed E-state index contributed by atoms with van der Waals surface area (Å²) in [6.07, 6.45) is 4.34. The van der Waals surface area contributed by atoms with Gasteiger partial charge in [0, 0.05) is 43.9 Å². The molecule has 1 aromatic carbocycles. The Morgan fingerprint density at radius 1 is 0.955 bits per heavy atom. The monoisotopic (exact) mass is 334 g/mol. The lowest BCUT2D eigenvalue weighted by Gasteiger charge is -2.38. The van der Waals surface area contributed by atoms with E-state index >= 15 is 0 Å². The molecule has 6 heteroatoms. The minimum absolute atomic E-state index is 0. The first-order valence-corrected chi connectivity index (χ1v) is 7.76. The number of rotatable bonds is 3. The molecule has 0 bridgehead atoms. The van der Waals surface area contributed by atoms with Crippen LogP contribution in [-0.4, -0.2) is 31.1 Å². The molecule has 0 unspecified atom stereocenters. The Balaban J connectivity index is 0.00000176. The molecule has 1 aliphatic carbocycles. The predicted molar refractivity (Wildman–Crippen MR) is 82.7 cm³/mol. The second-order valence-corrected chi connectivity index (χ2v) is 6.06. The number of hydrogen-bond donors (Lipinski definition) is 1. The van der Waals surface area contributed by atoms with Gasteiger partial charge in [-0.05, 0) is 24.8 Å². The summed E-state index contributed by atoms with van der Waals surface area (Å²) in [4.78, 5) is 2.22. The van der Waals surface area contributed by atoms with Gasteiger partial charge in [-0.3, -0.25) is 4.90 Å². The maximum Gasteiger partial charge on any atom is 0.161 e. The van der Waals surface area contributed by atoms with Crippen molar-refractivity contribution >= 4 is 12.4 Å². The van der Waals surface area contributed by atoms with Gasteiger partial charge in [0.15, 0.2) is 11.6 Å². The first-order chi connectivity index (χ1) is 10.2. The summed E-state index contributed by atoms with van der Waals surface area (Å²) in [5, 5.41) is 3.28. The van der Waals surface area contributed by atoms with E-state index in [0.717, 1.165) is 57.9 Å². The van der Waals surface area contributed by atoms with Gasteiger partial charge in [0.05, 0.1) is 0 Å². The molecule has 1 saturated carbocycles. The van der Waals surface area contributed by atoms with Crippen LogP contribution < -0.4 is 5.32 Å². The molecule has 0 spiro atoms. The van der Waals surface area contributed by atoms with Gasteiger partial charge in [-0.1, -0.05) is 12.8 Å². The molecular weight excluding hydrogens is 313 g/mol. The smallest absolute Gasteiger partial charge is 0.161 e. The van der Waals surface area contributed by atoms with E-state index < -0.39 is 17.5 Å². The Morgan fingerprint density at radius 3 is 2.18 bits per heavy atom. The number of halogens is 4. The summed E-state index contributed by atoms with van der Waals surface area (Å²) in [5.41, 5.74) is 0.322. The SMILES string of the molecule is Cl.Fc1cc(F)c([C@H](C2CCCC2)N2CCNCC2)cc1F. The number of piperazine rings is 1. The zero-order valence-corrected chi connectivity index (χ0v) is 13.3. The highest BCUT2D eigenvalue weighted by Crippen LogP contribution is 2.40. The first-order valence-electron chi connectivity index (χ1n) is 7.76. The summed E-state index contributed by atoms with van der Waals surface area (Å²) in [5.74, 6) is -2.35. The fourth-order valence-corrected chi connectivity index (χ4v) is 3.75. The molecule has 2 fully saturated rings. The number of benzene rings is 1. The molecule has 0 radical (unpaired) electrons. The van der Waals surface area contributed by atoms with Gasteiger partial charge in [-0.2, -0.15) is 0 Å². The lowest BCUT2D eigenvalue weighted by atomic mass is 9.89. The van der Waals surface area contributed by atoms with E-state index in [1.807, 2.05) is 0 Å². The summed E-state index contributed by atoms with van der Waals surface area (Å²) in [7, 11) is 0. The van der Waals surface area contributed by atoms with Gasteiger partial charge in [0.2, 0.25) is 0 Å². The maximum absolute atomic E-state index is 14.2. The summed E-state index contributed by atoms with van der Waals surface area (Å²) < 4.78 is 41.0. The normalized spacial score (nSPS) is 21.6. The van der Waals surface area contributed by atoms with Gasteiger partial charge in [-0.15, -0.1) is 12.4 Å². The van der Waals surface area contributed by atoms with Crippen LogP contribution in [0.1, 0.15) is 37.3 Å². The van der Waals surface area contributed by atoms with Gasteiger partial charge in [0.1, 0.15) is 5.82 Å². The molecule has 3 rings (SSSR count). The molecule has 1 N–H and O–H groups in total. The van der Waals surface area contributed by atoms with E-state index in [1.165, 1.54) is 0 Å². The molecule has 0 aromatic heterocycles. The quantitative estimate of drug-likeness (QED) is 0.849. The van der Waals surface area contributed by atoms with Crippen LogP contribution in [0.2, 0.25) is 0 Å². The predicted octanol–water partition coefficient (Wildman–Crippen LogP) is 3.66. The molecular formula is C16H22ClF3N2. The molecule has 1 saturated heterocycles. The molecule has 124 valence electrons. The molecule has 22 heavy (non-hydrogen) atoms. The van der Waals surface area contributed by atoms with E-state index in [-0.39, 0.29) is 18.4 Å². The summed E-state index contributed by atoms with van der Waals surface area (Å²) >= 11 is 0. The van der Waals surface area contributed by atoms with Crippen LogP contribution in [0.15, 0.2) is 12.1 Å².